The Hall–Kier alpha value is -3.19. The smallest absolute Gasteiger partial charge is 0.290 e. The lowest BCUT2D eigenvalue weighted by Crippen LogP contribution is -2.35. The molecule has 1 amide bonds. The van der Waals surface area contributed by atoms with E-state index >= 15 is 0 Å². The van der Waals surface area contributed by atoms with E-state index in [9.17, 15) is 14.0 Å². The second-order valence-corrected chi connectivity index (χ2v) is 8.65. The normalized spacial score (nSPS) is 15.5. The van der Waals surface area contributed by atoms with Crippen LogP contribution in [0.1, 0.15) is 53.9 Å². The summed E-state index contributed by atoms with van der Waals surface area (Å²) in [7, 11) is 3.85. The van der Waals surface area contributed by atoms with E-state index in [1.165, 1.54) is 18.2 Å². The summed E-state index contributed by atoms with van der Waals surface area (Å²) in [6.45, 7) is 3.77. The quantitative estimate of drug-likeness (QED) is 0.444. The van der Waals surface area contributed by atoms with Crippen molar-refractivity contribution in [2.24, 2.45) is 0 Å². The molecule has 174 valence electrons. The van der Waals surface area contributed by atoms with Crippen molar-refractivity contribution in [3.8, 4) is 5.75 Å². The fourth-order valence-electron chi connectivity index (χ4n) is 4.19. The van der Waals surface area contributed by atoms with Crippen LogP contribution in [0.3, 0.4) is 0 Å². The first-order chi connectivity index (χ1) is 15.9. The average Bonchev–Trinajstić information content (AvgIpc) is 3.08. The lowest BCUT2D eigenvalue weighted by Gasteiger charge is -2.26. The van der Waals surface area contributed by atoms with Crippen LogP contribution in [-0.4, -0.2) is 49.5 Å². The Morgan fingerprint density at radius 3 is 2.70 bits per heavy atom. The number of unbranched alkanes of at least 4 members (excludes halogenated alkanes) is 2. The maximum Gasteiger partial charge on any atom is 0.290 e. The minimum Gasteiger partial charge on any atom is -0.494 e. The summed E-state index contributed by atoms with van der Waals surface area (Å²) in [5.41, 5.74) is 0.831. The molecule has 0 saturated carbocycles. The predicted molar refractivity (Wildman–Crippen MR) is 125 cm³/mol. The molecular formula is C26H29FN2O4. The summed E-state index contributed by atoms with van der Waals surface area (Å²) < 4.78 is 25.7. The highest BCUT2D eigenvalue weighted by Gasteiger charge is 2.42. The number of likely N-dealkylation sites (N-methyl/N-ethyl adjacent to an activating group) is 1. The van der Waals surface area contributed by atoms with Gasteiger partial charge in [-0.25, -0.2) is 4.39 Å². The molecule has 7 heteroatoms. The van der Waals surface area contributed by atoms with E-state index in [1.54, 1.807) is 4.90 Å². The van der Waals surface area contributed by atoms with Gasteiger partial charge in [-0.1, -0.05) is 31.9 Å². The number of halogens is 1. The van der Waals surface area contributed by atoms with Gasteiger partial charge in [-0.05, 0) is 56.4 Å². The molecule has 0 bridgehead atoms. The summed E-state index contributed by atoms with van der Waals surface area (Å²) in [4.78, 5) is 30.4. The van der Waals surface area contributed by atoms with Crippen LogP contribution in [0.4, 0.5) is 4.39 Å². The van der Waals surface area contributed by atoms with Crippen molar-refractivity contribution in [1.29, 1.82) is 0 Å². The Kier molecular flexibility index (Phi) is 6.79. The lowest BCUT2D eigenvalue weighted by atomic mass is 9.98. The number of carbonyl (C=O) groups excluding carboxylic acids is 1. The zero-order chi connectivity index (χ0) is 23.5. The Morgan fingerprint density at radius 1 is 1.12 bits per heavy atom. The average molecular weight is 453 g/mol. The van der Waals surface area contributed by atoms with Gasteiger partial charge in [0.2, 0.25) is 5.76 Å². The van der Waals surface area contributed by atoms with Crippen molar-refractivity contribution >= 4 is 16.9 Å². The van der Waals surface area contributed by atoms with Crippen LogP contribution in [0.25, 0.3) is 11.0 Å². The first-order valence-electron chi connectivity index (χ1n) is 11.4. The molecule has 33 heavy (non-hydrogen) atoms. The largest absolute Gasteiger partial charge is 0.494 e. The maximum atomic E-state index is 13.9. The fourth-order valence-corrected chi connectivity index (χ4v) is 4.19. The topological polar surface area (TPSA) is 63.0 Å². The van der Waals surface area contributed by atoms with Crippen LogP contribution in [0, 0.1) is 5.82 Å². The SMILES string of the molecule is CCCCCOc1cccc(C2c3c(oc4ccc(F)cc4c3=O)C(=O)N2CCN(C)C)c1. The molecule has 0 radical (unpaired) electrons. The number of carbonyl (C=O) groups is 1. The van der Waals surface area contributed by atoms with Crippen molar-refractivity contribution in [3.05, 3.63) is 75.4 Å². The van der Waals surface area contributed by atoms with Crippen LogP contribution >= 0.6 is 0 Å². The minimum absolute atomic E-state index is 0.0251. The predicted octanol–water partition coefficient (Wildman–Crippen LogP) is 4.61. The molecule has 0 fully saturated rings. The highest BCUT2D eigenvalue weighted by molar-refractivity contribution is 5.99. The summed E-state index contributed by atoms with van der Waals surface area (Å²) in [5.74, 6) is -0.151. The molecule has 1 aliphatic rings. The van der Waals surface area contributed by atoms with E-state index in [1.807, 2.05) is 43.3 Å². The highest BCUT2D eigenvalue weighted by Crippen LogP contribution is 2.39. The molecule has 0 spiro atoms. The van der Waals surface area contributed by atoms with Gasteiger partial charge in [0.05, 0.1) is 23.6 Å². The van der Waals surface area contributed by atoms with Gasteiger partial charge in [0, 0.05) is 13.1 Å². The molecule has 6 nitrogen and oxygen atoms in total. The number of nitrogens with zero attached hydrogens (tertiary/aromatic N) is 2. The number of hydrogen-bond acceptors (Lipinski definition) is 5. The van der Waals surface area contributed by atoms with Crippen LogP contribution < -0.4 is 10.2 Å². The van der Waals surface area contributed by atoms with E-state index < -0.39 is 11.9 Å². The summed E-state index contributed by atoms with van der Waals surface area (Å²) >= 11 is 0. The lowest BCUT2D eigenvalue weighted by molar-refractivity contribution is 0.0716. The van der Waals surface area contributed by atoms with Gasteiger partial charge in [-0.15, -0.1) is 0 Å². The van der Waals surface area contributed by atoms with Crippen molar-refractivity contribution in [2.45, 2.75) is 32.2 Å². The monoisotopic (exact) mass is 452 g/mol. The van der Waals surface area contributed by atoms with E-state index in [4.69, 9.17) is 9.15 Å². The van der Waals surface area contributed by atoms with Gasteiger partial charge in [-0.3, -0.25) is 9.59 Å². The molecule has 1 aliphatic heterocycles. The number of fused-ring (bicyclic) bond motifs is 2. The number of rotatable bonds is 9. The van der Waals surface area contributed by atoms with Crippen LogP contribution in [0.5, 0.6) is 5.75 Å². The van der Waals surface area contributed by atoms with Crippen molar-refractivity contribution < 1.29 is 18.3 Å². The number of benzene rings is 2. The molecule has 1 aromatic heterocycles. The first-order valence-corrected chi connectivity index (χ1v) is 11.4. The molecular weight excluding hydrogens is 423 g/mol. The zero-order valence-electron chi connectivity index (χ0n) is 19.3. The second-order valence-electron chi connectivity index (χ2n) is 8.65. The number of hydrogen-bond donors (Lipinski definition) is 0. The number of amides is 1. The Balaban J connectivity index is 1.80. The summed E-state index contributed by atoms with van der Waals surface area (Å²) in [6.07, 6.45) is 3.16. The van der Waals surface area contributed by atoms with E-state index in [2.05, 4.69) is 6.92 Å². The first kappa shape index (κ1) is 23.0. The van der Waals surface area contributed by atoms with Gasteiger partial charge in [0.25, 0.3) is 5.91 Å². The van der Waals surface area contributed by atoms with Crippen molar-refractivity contribution in [1.82, 2.24) is 9.80 Å². The molecule has 4 rings (SSSR count). The van der Waals surface area contributed by atoms with Gasteiger partial charge in [0.15, 0.2) is 5.43 Å². The van der Waals surface area contributed by atoms with E-state index in [0.29, 0.717) is 25.4 Å². The zero-order valence-corrected chi connectivity index (χ0v) is 19.3. The molecule has 1 atom stereocenters. The van der Waals surface area contributed by atoms with Crippen molar-refractivity contribution in [2.75, 3.05) is 33.8 Å². The number of ether oxygens (including phenoxy) is 1. The van der Waals surface area contributed by atoms with Gasteiger partial charge in [-0.2, -0.15) is 0 Å². The standard InChI is InChI=1S/C26H29FN2O4/c1-4-5-6-14-32-19-9-7-8-17(15-19)23-22-24(30)20-16-18(27)10-11-21(20)33-25(22)26(31)29(23)13-12-28(2)3/h7-11,15-16,23H,4-6,12-14H2,1-3H3. The van der Waals surface area contributed by atoms with Crippen LogP contribution in [0.15, 0.2) is 51.7 Å². The highest BCUT2D eigenvalue weighted by atomic mass is 19.1. The third-order valence-corrected chi connectivity index (χ3v) is 5.91. The molecule has 3 aromatic rings. The third kappa shape index (κ3) is 4.64. The van der Waals surface area contributed by atoms with Gasteiger partial charge < -0.3 is 19.0 Å². The molecule has 1 unspecified atom stereocenters. The molecule has 2 heterocycles. The van der Waals surface area contributed by atoms with E-state index in [0.717, 1.165) is 24.8 Å². The Bertz CT molecular complexity index is 1220. The van der Waals surface area contributed by atoms with E-state index in [-0.39, 0.29) is 33.6 Å². The molecule has 0 aliphatic carbocycles. The minimum atomic E-state index is -0.629. The summed E-state index contributed by atoms with van der Waals surface area (Å²) in [5, 5.41) is 0.132. The fraction of sp³-hybridized carbons (Fsp3) is 0.385. The van der Waals surface area contributed by atoms with Gasteiger partial charge >= 0.3 is 0 Å². The van der Waals surface area contributed by atoms with Gasteiger partial charge in [0.1, 0.15) is 17.1 Å². The third-order valence-electron chi connectivity index (χ3n) is 5.91. The van der Waals surface area contributed by atoms with Crippen LogP contribution in [0.2, 0.25) is 0 Å². The molecule has 0 saturated heterocycles. The second kappa shape index (κ2) is 9.75. The Labute approximate surface area is 192 Å². The van der Waals surface area contributed by atoms with Crippen molar-refractivity contribution in [3.63, 3.8) is 0 Å². The summed E-state index contributed by atoms with van der Waals surface area (Å²) in [6, 6.07) is 10.6. The Morgan fingerprint density at radius 2 is 1.94 bits per heavy atom. The molecule has 0 N–H and O–H groups in total. The maximum absolute atomic E-state index is 13.9. The molecule has 2 aromatic carbocycles. The van der Waals surface area contributed by atoms with Crippen LogP contribution in [-0.2, 0) is 0 Å².